The molecule has 0 atom stereocenters. The zero-order valence-electron chi connectivity index (χ0n) is 9.40. The SMILES string of the molecule is Clc1cnn(CCNC(C2CC2)C2CC2)c1. The van der Waals surface area contributed by atoms with Gasteiger partial charge >= 0.3 is 0 Å². The van der Waals surface area contributed by atoms with E-state index >= 15 is 0 Å². The average molecular weight is 240 g/mol. The van der Waals surface area contributed by atoms with Gasteiger partial charge in [0.1, 0.15) is 0 Å². The van der Waals surface area contributed by atoms with Crippen LogP contribution in [0.15, 0.2) is 12.4 Å². The van der Waals surface area contributed by atoms with Crippen LogP contribution in [0.5, 0.6) is 0 Å². The van der Waals surface area contributed by atoms with Crippen molar-refractivity contribution in [2.45, 2.75) is 38.3 Å². The topological polar surface area (TPSA) is 29.9 Å². The number of hydrogen-bond donors (Lipinski definition) is 1. The predicted octanol–water partition coefficient (Wildman–Crippen LogP) is 2.31. The summed E-state index contributed by atoms with van der Waals surface area (Å²) < 4.78 is 1.91. The van der Waals surface area contributed by atoms with Crippen molar-refractivity contribution in [2.24, 2.45) is 11.8 Å². The molecule has 1 aromatic heterocycles. The molecule has 0 aromatic carbocycles. The van der Waals surface area contributed by atoms with Crippen LogP contribution in [0.25, 0.3) is 0 Å². The molecule has 1 heterocycles. The Labute approximate surface area is 101 Å². The molecule has 2 aliphatic carbocycles. The minimum Gasteiger partial charge on any atom is -0.312 e. The maximum Gasteiger partial charge on any atom is 0.0785 e. The molecule has 16 heavy (non-hydrogen) atoms. The Morgan fingerprint density at radius 2 is 2.06 bits per heavy atom. The Bertz CT molecular complexity index is 343. The third-order valence-electron chi connectivity index (χ3n) is 3.58. The van der Waals surface area contributed by atoms with Crippen molar-refractivity contribution in [3.8, 4) is 0 Å². The molecule has 0 aliphatic heterocycles. The van der Waals surface area contributed by atoms with Gasteiger partial charge in [-0.05, 0) is 37.5 Å². The highest BCUT2D eigenvalue weighted by Crippen LogP contribution is 2.44. The highest BCUT2D eigenvalue weighted by atomic mass is 35.5. The van der Waals surface area contributed by atoms with Crippen LogP contribution < -0.4 is 5.32 Å². The molecule has 1 aromatic rings. The van der Waals surface area contributed by atoms with Gasteiger partial charge in [0.15, 0.2) is 0 Å². The number of nitrogens with zero attached hydrogens (tertiary/aromatic N) is 2. The molecule has 0 unspecified atom stereocenters. The summed E-state index contributed by atoms with van der Waals surface area (Å²) >= 11 is 5.82. The maximum absolute atomic E-state index is 5.82. The van der Waals surface area contributed by atoms with Gasteiger partial charge in [-0.15, -0.1) is 0 Å². The molecular weight excluding hydrogens is 222 g/mol. The molecule has 3 rings (SSSR count). The van der Waals surface area contributed by atoms with Gasteiger partial charge in [0, 0.05) is 18.8 Å². The number of halogens is 1. The summed E-state index contributed by atoms with van der Waals surface area (Å²) in [6.07, 6.45) is 9.31. The first-order valence-corrected chi connectivity index (χ1v) is 6.62. The largest absolute Gasteiger partial charge is 0.312 e. The van der Waals surface area contributed by atoms with Gasteiger partial charge in [-0.2, -0.15) is 5.10 Å². The minimum atomic E-state index is 0.723. The summed E-state index contributed by atoms with van der Waals surface area (Å²) in [4.78, 5) is 0. The number of hydrogen-bond acceptors (Lipinski definition) is 2. The van der Waals surface area contributed by atoms with Gasteiger partial charge in [0.05, 0.1) is 17.8 Å². The van der Waals surface area contributed by atoms with E-state index in [1.54, 1.807) is 6.20 Å². The van der Waals surface area contributed by atoms with E-state index in [4.69, 9.17) is 11.6 Å². The maximum atomic E-state index is 5.82. The van der Waals surface area contributed by atoms with Gasteiger partial charge < -0.3 is 5.32 Å². The van der Waals surface area contributed by atoms with Crippen molar-refractivity contribution in [3.63, 3.8) is 0 Å². The third kappa shape index (κ3) is 2.58. The van der Waals surface area contributed by atoms with E-state index in [0.29, 0.717) is 0 Å². The normalized spacial score (nSPS) is 20.6. The molecule has 0 amide bonds. The molecule has 2 saturated carbocycles. The number of aromatic nitrogens is 2. The van der Waals surface area contributed by atoms with Crippen LogP contribution in [-0.2, 0) is 6.54 Å². The van der Waals surface area contributed by atoms with E-state index in [2.05, 4.69) is 10.4 Å². The molecule has 1 N–H and O–H groups in total. The van der Waals surface area contributed by atoms with E-state index in [9.17, 15) is 0 Å². The number of nitrogens with one attached hydrogen (secondary N) is 1. The fourth-order valence-electron chi connectivity index (χ4n) is 2.44. The summed E-state index contributed by atoms with van der Waals surface area (Å²) in [6, 6.07) is 0.783. The first-order chi connectivity index (χ1) is 7.83. The molecule has 88 valence electrons. The smallest absolute Gasteiger partial charge is 0.0785 e. The first-order valence-electron chi connectivity index (χ1n) is 6.24. The third-order valence-corrected chi connectivity index (χ3v) is 3.78. The highest BCUT2D eigenvalue weighted by Gasteiger charge is 2.40. The first kappa shape index (κ1) is 10.6. The second kappa shape index (κ2) is 4.38. The average Bonchev–Trinajstić information content (AvgIpc) is 3.15. The second-order valence-electron chi connectivity index (χ2n) is 5.08. The summed E-state index contributed by atoms with van der Waals surface area (Å²) in [7, 11) is 0. The lowest BCUT2D eigenvalue weighted by Crippen LogP contribution is -2.35. The lowest BCUT2D eigenvalue weighted by Gasteiger charge is -2.17. The summed E-state index contributed by atoms with van der Waals surface area (Å²) in [5, 5.41) is 8.60. The van der Waals surface area contributed by atoms with Crippen LogP contribution >= 0.6 is 11.6 Å². The van der Waals surface area contributed by atoms with E-state index in [1.165, 1.54) is 25.7 Å². The van der Waals surface area contributed by atoms with Gasteiger partial charge in [-0.1, -0.05) is 11.6 Å². The van der Waals surface area contributed by atoms with Crippen LogP contribution in [0.3, 0.4) is 0 Å². The fourth-order valence-corrected chi connectivity index (χ4v) is 2.59. The summed E-state index contributed by atoms with van der Waals surface area (Å²) in [5.41, 5.74) is 0. The zero-order chi connectivity index (χ0) is 11.0. The van der Waals surface area contributed by atoms with E-state index in [0.717, 1.165) is 36.0 Å². The van der Waals surface area contributed by atoms with Gasteiger partial charge in [-0.25, -0.2) is 0 Å². The number of rotatable bonds is 6. The molecule has 3 nitrogen and oxygen atoms in total. The Kier molecular flexibility index (Phi) is 2.90. The van der Waals surface area contributed by atoms with Gasteiger partial charge in [0.25, 0.3) is 0 Å². The molecular formula is C12H18ClN3. The van der Waals surface area contributed by atoms with E-state index in [-0.39, 0.29) is 0 Å². The van der Waals surface area contributed by atoms with Crippen LogP contribution in [-0.4, -0.2) is 22.4 Å². The van der Waals surface area contributed by atoms with Crippen molar-refractivity contribution >= 4 is 11.6 Å². The molecule has 2 fully saturated rings. The Hall–Kier alpha value is -0.540. The predicted molar refractivity (Wildman–Crippen MR) is 64.5 cm³/mol. The molecule has 2 aliphatic rings. The minimum absolute atomic E-state index is 0.723. The quantitative estimate of drug-likeness (QED) is 0.826. The van der Waals surface area contributed by atoms with Crippen LogP contribution in [0, 0.1) is 11.8 Å². The Balaban J connectivity index is 1.44. The van der Waals surface area contributed by atoms with Crippen LogP contribution in [0.4, 0.5) is 0 Å². The zero-order valence-corrected chi connectivity index (χ0v) is 10.2. The monoisotopic (exact) mass is 239 g/mol. The Morgan fingerprint density at radius 1 is 1.38 bits per heavy atom. The fraction of sp³-hybridized carbons (Fsp3) is 0.750. The van der Waals surface area contributed by atoms with Crippen molar-refractivity contribution in [1.29, 1.82) is 0 Å². The standard InChI is InChI=1S/C12H18ClN3/c13-11-7-15-16(8-11)6-5-14-12(9-1-2-9)10-3-4-10/h7-10,12,14H,1-6H2. The van der Waals surface area contributed by atoms with Crippen LogP contribution in [0.1, 0.15) is 25.7 Å². The van der Waals surface area contributed by atoms with Crippen molar-refractivity contribution in [3.05, 3.63) is 17.4 Å². The van der Waals surface area contributed by atoms with Crippen LogP contribution in [0.2, 0.25) is 5.02 Å². The van der Waals surface area contributed by atoms with Gasteiger partial charge in [0.2, 0.25) is 0 Å². The molecule has 0 radical (unpaired) electrons. The molecule has 0 spiro atoms. The summed E-state index contributed by atoms with van der Waals surface area (Å²) in [5.74, 6) is 1.93. The molecule has 0 saturated heterocycles. The van der Waals surface area contributed by atoms with E-state index < -0.39 is 0 Å². The Morgan fingerprint density at radius 3 is 2.56 bits per heavy atom. The molecule has 4 heteroatoms. The lowest BCUT2D eigenvalue weighted by atomic mass is 10.1. The second-order valence-corrected chi connectivity index (χ2v) is 5.51. The summed E-state index contributed by atoms with van der Waals surface area (Å²) in [6.45, 7) is 1.93. The van der Waals surface area contributed by atoms with Gasteiger partial charge in [-0.3, -0.25) is 4.68 Å². The molecule has 0 bridgehead atoms. The van der Waals surface area contributed by atoms with Crippen molar-refractivity contribution in [2.75, 3.05) is 6.54 Å². The lowest BCUT2D eigenvalue weighted by molar-refractivity contribution is 0.401. The highest BCUT2D eigenvalue weighted by molar-refractivity contribution is 6.30. The van der Waals surface area contributed by atoms with Crippen molar-refractivity contribution in [1.82, 2.24) is 15.1 Å². The van der Waals surface area contributed by atoms with E-state index in [1.807, 2.05) is 10.9 Å². The van der Waals surface area contributed by atoms with Crippen molar-refractivity contribution < 1.29 is 0 Å².